The van der Waals surface area contributed by atoms with Crippen molar-refractivity contribution in [2.45, 2.75) is 57.4 Å². The van der Waals surface area contributed by atoms with Crippen LogP contribution in [0.5, 0.6) is 11.5 Å². The smallest absolute Gasteiger partial charge is 0.395 e. The average Bonchev–Trinajstić information content (AvgIpc) is 3.21. The Morgan fingerprint density at radius 2 is 1.85 bits per heavy atom. The summed E-state index contributed by atoms with van der Waals surface area (Å²) in [6.45, 7) is 3.67. The van der Waals surface area contributed by atoms with Crippen LogP contribution in [0.2, 0.25) is 0 Å². The molecule has 0 amide bonds. The number of alkyl halides is 2. The molecule has 144 valence electrons. The Labute approximate surface area is 156 Å². The van der Waals surface area contributed by atoms with Crippen LogP contribution in [0.4, 0.5) is 8.78 Å². The van der Waals surface area contributed by atoms with Gasteiger partial charge >= 0.3 is 6.29 Å². The fraction of sp³-hybridized carbons (Fsp3) is 0.579. The van der Waals surface area contributed by atoms with Crippen molar-refractivity contribution < 1.29 is 18.3 Å². The highest BCUT2D eigenvalue weighted by molar-refractivity contribution is 5.45. The number of benzene rings is 1. The third kappa shape index (κ3) is 3.26. The van der Waals surface area contributed by atoms with Gasteiger partial charge in [0.1, 0.15) is 11.6 Å². The van der Waals surface area contributed by atoms with Crippen LogP contribution in [0.15, 0.2) is 18.2 Å². The fourth-order valence-electron chi connectivity index (χ4n) is 4.33. The second-order valence-electron chi connectivity index (χ2n) is 7.58. The average molecular weight is 376 g/mol. The first-order chi connectivity index (χ1) is 13.1. The number of aromatic nitrogens is 3. The number of aryl methyl sites for hydroxylation is 1. The molecule has 0 N–H and O–H groups in total. The number of rotatable bonds is 3. The van der Waals surface area contributed by atoms with Crippen molar-refractivity contribution in [3.63, 3.8) is 0 Å². The van der Waals surface area contributed by atoms with E-state index in [2.05, 4.69) is 29.1 Å². The number of hydrogen-bond donors (Lipinski definition) is 0. The molecule has 1 fully saturated rings. The zero-order valence-corrected chi connectivity index (χ0v) is 15.0. The summed E-state index contributed by atoms with van der Waals surface area (Å²) < 4.78 is 37.6. The van der Waals surface area contributed by atoms with E-state index < -0.39 is 6.29 Å². The molecule has 0 unspecified atom stereocenters. The molecule has 0 atom stereocenters. The minimum Gasteiger partial charge on any atom is -0.395 e. The lowest BCUT2D eigenvalue weighted by molar-refractivity contribution is -0.286. The number of ether oxygens (including phenoxy) is 2. The van der Waals surface area contributed by atoms with Gasteiger partial charge in [-0.3, -0.25) is 4.90 Å². The molecule has 1 saturated heterocycles. The zero-order valence-electron chi connectivity index (χ0n) is 15.0. The van der Waals surface area contributed by atoms with Gasteiger partial charge in [0.25, 0.3) is 0 Å². The largest absolute Gasteiger partial charge is 0.586 e. The van der Waals surface area contributed by atoms with Crippen LogP contribution in [0.3, 0.4) is 0 Å². The Hall–Kier alpha value is -2.22. The minimum absolute atomic E-state index is 0.0963. The lowest BCUT2D eigenvalue weighted by atomic mass is 9.95. The van der Waals surface area contributed by atoms with Crippen LogP contribution < -0.4 is 9.47 Å². The molecule has 1 aromatic carbocycles. The number of fused-ring (bicyclic) bond motifs is 2. The third-order valence-corrected chi connectivity index (χ3v) is 5.71. The number of nitrogens with zero attached hydrogens (tertiary/aromatic N) is 4. The predicted octanol–water partition coefficient (Wildman–Crippen LogP) is 3.32. The zero-order chi connectivity index (χ0) is 18.4. The van der Waals surface area contributed by atoms with Crippen LogP contribution in [0.25, 0.3) is 0 Å². The van der Waals surface area contributed by atoms with Crippen molar-refractivity contribution in [1.29, 1.82) is 0 Å². The lowest BCUT2D eigenvalue weighted by Crippen LogP contribution is -2.33. The molecule has 8 heteroatoms. The molecule has 3 aliphatic rings. The summed E-state index contributed by atoms with van der Waals surface area (Å²) in [7, 11) is 0. The first-order valence-corrected chi connectivity index (χ1v) is 9.60. The number of hydrogen-bond acceptors (Lipinski definition) is 5. The van der Waals surface area contributed by atoms with E-state index >= 15 is 0 Å². The SMILES string of the molecule is FC1(F)Oc2ccc(CN3CCC(c4nnc5n4CCCC5)CC3)cc2O1. The molecule has 27 heavy (non-hydrogen) atoms. The molecule has 4 heterocycles. The van der Waals surface area contributed by atoms with Gasteiger partial charge in [0.05, 0.1) is 0 Å². The van der Waals surface area contributed by atoms with Crippen molar-refractivity contribution in [2.75, 3.05) is 13.1 Å². The topological polar surface area (TPSA) is 52.4 Å². The Kier molecular flexibility index (Phi) is 4.03. The second kappa shape index (κ2) is 6.44. The van der Waals surface area contributed by atoms with Crippen LogP contribution in [0, 0.1) is 0 Å². The van der Waals surface area contributed by atoms with E-state index in [0.717, 1.165) is 56.1 Å². The van der Waals surface area contributed by atoms with E-state index in [4.69, 9.17) is 0 Å². The normalized spacial score (nSPS) is 22.0. The monoisotopic (exact) mass is 376 g/mol. The first kappa shape index (κ1) is 16.9. The summed E-state index contributed by atoms with van der Waals surface area (Å²) in [6, 6.07) is 5.03. The van der Waals surface area contributed by atoms with E-state index in [1.54, 1.807) is 12.1 Å². The summed E-state index contributed by atoms with van der Waals surface area (Å²) in [5.41, 5.74) is 0.952. The Bertz CT molecular complexity index is 846. The van der Waals surface area contributed by atoms with Gasteiger partial charge in [-0.15, -0.1) is 19.0 Å². The number of piperidine rings is 1. The lowest BCUT2D eigenvalue weighted by Gasteiger charge is -2.32. The summed E-state index contributed by atoms with van der Waals surface area (Å²) in [5, 5.41) is 8.85. The maximum absolute atomic E-state index is 13.2. The molecule has 6 nitrogen and oxygen atoms in total. The number of halogens is 2. The van der Waals surface area contributed by atoms with Crippen molar-refractivity contribution in [3.8, 4) is 11.5 Å². The van der Waals surface area contributed by atoms with Gasteiger partial charge in [-0.2, -0.15) is 0 Å². The van der Waals surface area contributed by atoms with Gasteiger partial charge in [-0.1, -0.05) is 6.07 Å². The van der Waals surface area contributed by atoms with Crippen LogP contribution in [-0.2, 0) is 19.5 Å². The van der Waals surface area contributed by atoms with E-state index in [-0.39, 0.29) is 11.5 Å². The maximum atomic E-state index is 13.2. The molecular weight excluding hydrogens is 354 g/mol. The molecule has 1 aromatic heterocycles. The third-order valence-electron chi connectivity index (χ3n) is 5.71. The highest BCUT2D eigenvalue weighted by atomic mass is 19.3. The van der Waals surface area contributed by atoms with Crippen LogP contribution in [0.1, 0.15) is 48.8 Å². The Morgan fingerprint density at radius 3 is 2.70 bits per heavy atom. The predicted molar refractivity (Wildman–Crippen MR) is 92.9 cm³/mol. The molecule has 0 radical (unpaired) electrons. The summed E-state index contributed by atoms with van der Waals surface area (Å²) in [5.74, 6) is 2.95. The molecule has 0 spiro atoms. The summed E-state index contributed by atoms with van der Waals surface area (Å²) in [4.78, 5) is 2.35. The molecule has 0 saturated carbocycles. The van der Waals surface area contributed by atoms with Gasteiger partial charge in [0.2, 0.25) is 0 Å². The van der Waals surface area contributed by atoms with Crippen molar-refractivity contribution in [2.24, 2.45) is 0 Å². The second-order valence-corrected chi connectivity index (χ2v) is 7.58. The van der Waals surface area contributed by atoms with Crippen molar-refractivity contribution in [1.82, 2.24) is 19.7 Å². The Morgan fingerprint density at radius 1 is 1.04 bits per heavy atom. The quantitative estimate of drug-likeness (QED) is 0.823. The van der Waals surface area contributed by atoms with Gasteiger partial charge < -0.3 is 14.0 Å². The van der Waals surface area contributed by atoms with Crippen molar-refractivity contribution in [3.05, 3.63) is 35.4 Å². The summed E-state index contributed by atoms with van der Waals surface area (Å²) in [6.07, 6.45) is 1.98. The van der Waals surface area contributed by atoms with E-state index in [0.29, 0.717) is 12.5 Å². The van der Waals surface area contributed by atoms with Gasteiger partial charge in [0.15, 0.2) is 11.5 Å². The van der Waals surface area contributed by atoms with E-state index in [9.17, 15) is 8.78 Å². The molecule has 0 bridgehead atoms. The highest BCUT2D eigenvalue weighted by Gasteiger charge is 2.43. The van der Waals surface area contributed by atoms with Gasteiger partial charge in [-0.25, -0.2) is 0 Å². The maximum Gasteiger partial charge on any atom is 0.586 e. The standard InChI is InChI=1S/C19H22F2N4O2/c20-19(21)26-15-5-4-13(11-16(15)27-19)12-24-9-6-14(7-10-24)18-23-22-17-3-1-2-8-25(17)18/h4-5,11,14H,1-3,6-10,12H2. The van der Waals surface area contributed by atoms with E-state index in [1.807, 2.05) is 6.07 Å². The highest BCUT2D eigenvalue weighted by Crippen LogP contribution is 2.41. The van der Waals surface area contributed by atoms with Gasteiger partial charge in [-0.05, 0) is 56.5 Å². The fourth-order valence-corrected chi connectivity index (χ4v) is 4.33. The van der Waals surface area contributed by atoms with Crippen LogP contribution >= 0.6 is 0 Å². The van der Waals surface area contributed by atoms with E-state index in [1.165, 1.54) is 12.8 Å². The van der Waals surface area contributed by atoms with Crippen molar-refractivity contribution >= 4 is 0 Å². The molecular formula is C19H22F2N4O2. The summed E-state index contributed by atoms with van der Waals surface area (Å²) >= 11 is 0. The molecule has 5 rings (SSSR count). The molecule has 3 aliphatic heterocycles. The number of likely N-dealkylation sites (tertiary alicyclic amines) is 1. The first-order valence-electron chi connectivity index (χ1n) is 9.60. The minimum atomic E-state index is -3.56. The molecule has 2 aromatic rings. The van der Waals surface area contributed by atoms with Crippen LogP contribution in [-0.4, -0.2) is 39.0 Å². The van der Waals surface area contributed by atoms with Gasteiger partial charge in [0, 0.05) is 25.4 Å². The molecule has 0 aliphatic carbocycles. The Balaban J connectivity index is 1.21.